The summed E-state index contributed by atoms with van der Waals surface area (Å²) < 4.78 is 0. The van der Waals surface area contributed by atoms with E-state index in [9.17, 15) is 29.1 Å². The predicted molar refractivity (Wildman–Crippen MR) is 176 cm³/mol. The van der Waals surface area contributed by atoms with Gasteiger partial charge in [-0.15, -0.1) is 11.3 Å². The fourth-order valence-electron chi connectivity index (χ4n) is 4.60. The topological polar surface area (TPSA) is 179 Å². The van der Waals surface area contributed by atoms with Crippen LogP contribution in [0.5, 0.6) is 0 Å². The van der Waals surface area contributed by atoms with Crippen molar-refractivity contribution < 1.29 is 29.1 Å². The first-order valence-corrected chi connectivity index (χ1v) is 16.8. The van der Waals surface area contributed by atoms with Crippen molar-refractivity contribution in [1.82, 2.24) is 31.6 Å². The lowest BCUT2D eigenvalue weighted by molar-refractivity contribution is -0.133. The molecular weight excluding hydrogens is 596 g/mol. The zero-order chi connectivity index (χ0) is 34.4. The van der Waals surface area contributed by atoms with Gasteiger partial charge in [-0.1, -0.05) is 55.4 Å². The molecule has 6 N–H and O–H groups in total. The predicted octanol–water partition coefficient (Wildman–Crippen LogP) is 2.08. The van der Waals surface area contributed by atoms with Crippen molar-refractivity contribution >= 4 is 40.9 Å². The minimum atomic E-state index is -1.09. The number of nitrogens with zero attached hydrogens (tertiary/aromatic N) is 1. The zero-order valence-corrected chi connectivity index (χ0v) is 29.5. The Balaban J connectivity index is 2.97. The Morgan fingerprint density at radius 3 is 1.91 bits per heavy atom. The molecule has 256 valence electrons. The van der Waals surface area contributed by atoms with E-state index in [1.165, 1.54) is 18.3 Å². The lowest BCUT2D eigenvalue weighted by Crippen LogP contribution is -2.57. The molecule has 6 unspecified atom stereocenters. The number of aryl methyl sites for hydroxylation is 1. The first kappa shape index (κ1) is 40.0. The van der Waals surface area contributed by atoms with E-state index < -0.39 is 42.0 Å². The van der Waals surface area contributed by atoms with Gasteiger partial charge in [-0.25, -0.2) is 4.98 Å². The van der Waals surface area contributed by atoms with Crippen LogP contribution in [-0.2, 0) is 30.4 Å². The first-order valence-electron chi connectivity index (χ1n) is 15.9. The Morgan fingerprint density at radius 1 is 0.778 bits per heavy atom. The van der Waals surface area contributed by atoms with E-state index in [1.54, 1.807) is 13.8 Å². The molecule has 0 aliphatic rings. The number of carbonyl (C=O) groups is 5. The quantitative estimate of drug-likeness (QED) is 0.132. The molecule has 0 aromatic carbocycles. The summed E-state index contributed by atoms with van der Waals surface area (Å²) in [6, 6.07) is -2.53. The highest BCUT2D eigenvalue weighted by atomic mass is 32.1. The molecule has 5 amide bonds. The van der Waals surface area contributed by atoms with Gasteiger partial charge in [0.25, 0.3) is 0 Å². The standard InChI is InChI=1S/C32H56N6O6S/c1-17(2)11-24(26(40)12-20(7)30(42)38-28(19(5)6)32(44)34-14-18(3)4)36-31(43)25(15-33-23(10)39)37-29(41)21(8)13-27-35-22(9)16-45-27/h16-21,24-26,28,40H,11-15H2,1-10H3,(H,33,39)(H,34,44)(H,36,43)(H,37,41)(H,38,42). The van der Waals surface area contributed by atoms with Crippen LogP contribution in [0.2, 0.25) is 0 Å². The summed E-state index contributed by atoms with van der Waals surface area (Å²) in [5.41, 5.74) is 0.874. The van der Waals surface area contributed by atoms with Crippen molar-refractivity contribution in [2.75, 3.05) is 13.1 Å². The molecule has 0 saturated heterocycles. The number of rotatable bonds is 19. The van der Waals surface area contributed by atoms with Gasteiger partial charge < -0.3 is 31.7 Å². The smallest absolute Gasteiger partial charge is 0.244 e. The van der Waals surface area contributed by atoms with Crippen molar-refractivity contribution in [3.63, 3.8) is 0 Å². The number of aliphatic hydroxyl groups excluding tert-OH is 1. The maximum Gasteiger partial charge on any atom is 0.244 e. The molecule has 0 aliphatic carbocycles. The Morgan fingerprint density at radius 2 is 1.40 bits per heavy atom. The molecule has 13 heteroatoms. The number of thiazole rings is 1. The molecule has 12 nitrogen and oxygen atoms in total. The molecular formula is C32H56N6O6S. The second kappa shape index (κ2) is 19.5. The van der Waals surface area contributed by atoms with E-state index in [1.807, 2.05) is 53.8 Å². The van der Waals surface area contributed by atoms with E-state index in [4.69, 9.17) is 0 Å². The second-order valence-electron chi connectivity index (χ2n) is 13.3. The Hall–Kier alpha value is -3.06. The fraction of sp³-hybridized carbons (Fsp3) is 0.750. The third-order valence-corrected chi connectivity index (χ3v) is 8.26. The maximum absolute atomic E-state index is 13.5. The number of carbonyl (C=O) groups excluding carboxylic acids is 5. The van der Waals surface area contributed by atoms with Crippen molar-refractivity contribution in [3.8, 4) is 0 Å². The number of aromatic nitrogens is 1. The van der Waals surface area contributed by atoms with Crippen LogP contribution in [-0.4, -0.2) is 76.9 Å². The third-order valence-electron chi connectivity index (χ3n) is 7.27. The SMILES string of the molecule is CC(=O)NCC(NC(=O)C(C)Cc1nc(C)cs1)C(=O)NC(CC(C)C)C(O)CC(C)C(=O)NC(C(=O)NCC(C)C)C(C)C. The van der Waals surface area contributed by atoms with Crippen molar-refractivity contribution in [2.45, 2.75) is 113 Å². The van der Waals surface area contributed by atoms with Crippen molar-refractivity contribution in [2.24, 2.45) is 29.6 Å². The van der Waals surface area contributed by atoms with Crippen LogP contribution in [0.4, 0.5) is 0 Å². The molecule has 1 heterocycles. The molecule has 0 radical (unpaired) electrons. The number of amides is 5. The highest BCUT2D eigenvalue weighted by molar-refractivity contribution is 7.09. The molecule has 6 atom stereocenters. The first-order chi connectivity index (χ1) is 20.9. The van der Waals surface area contributed by atoms with Gasteiger partial charge in [-0.2, -0.15) is 0 Å². The van der Waals surface area contributed by atoms with Gasteiger partial charge in [0.1, 0.15) is 12.1 Å². The Bertz CT molecular complexity index is 1120. The van der Waals surface area contributed by atoms with Crippen LogP contribution >= 0.6 is 11.3 Å². The molecule has 1 rings (SSSR count). The Labute approximate surface area is 272 Å². The van der Waals surface area contributed by atoms with E-state index in [0.717, 1.165) is 10.7 Å². The molecule has 0 fully saturated rings. The number of nitrogens with one attached hydrogen (secondary N) is 5. The monoisotopic (exact) mass is 652 g/mol. The summed E-state index contributed by atoms with van der Waals surface area (Å²) in [6.45, 7) is 18.5. The van der Waals surface area contributed by atoms with Crippen LogP contribution in [0.3, 0.4) is 0 Å². The van der Waals surface area contributed by atoms with Crippen LogP contribution in [0.25, 0.3) is 0 Å². The lowest BCUT2D eigenvalue weighted by Gasteiger charge is -2.30. The number of aliphatic hydroxyl groups is 1. The van der Waals surface area contributed by atoms with Gasteiger partial charge in [0, 0.05) is 49.3 Å². The average Bonchev–Trinajstić information content (AvgIpc) is 3.35. The summed E-state index contributed by atoms with van der Waals surface area (Å²) in [6.07, 6.45) is -0.235. The second-order valence-corrected chi connectivity index (χ2v) is 14.2. The minimum Gasteiger partial charge on any atom is -0.391 e. The molecule has 0 spiro atoms. The van der Waals surface area contributed by atoms with Gasteiger partial charge >= 0.3 is 0 Å². The molecule has 1 aromatic heterocycles. The van der Waals surface area contributed by atoms with Gasteiger partial charge in [0.2, 0.25) is 29.5 Å². The Kier molecular flexibility index (Phi) is 17.3. The van der Waals surface area contributed by atoms with Crippen LogP contribution in [0.1, 0.15) is 85.9 Å². The number of hydrogen-bond donors (Lipinski definition) is 6. The van der Waals surface area contributed by atoms with E-state index in [0.29, 0.717) is 19.4 Å². The van der Waals surface area contributed by atoms with Crippen molar-refractivity contribution in [1.29, 1.82) is 0 Å². The van der Waals surface area contributed by atoms with Gasteiger partial charge in [0.15, 0.2) is 0 Å². The van der Waals surface area contributed by atoms with E-state index >= 15 is 0 Å². The maximum atomic E-state index is 13.5. The third kappa shape index (κ3) is 15.2. The van der Waals surface area contributed by atoms with Crippen LogP contribution in [0, 0.1) is 36.5 Å². The molecule has 1 aromatic rings. The molecule has 45 heavy (non-hydrogen) atoms. The fourth-order valence-corrected chi connectivity index (χ4v) is 5.50. The summed E-state index contributed by atoms with van der Waals surface area (Å²) >= 11 is 1.46. The average molecular weight is 653 g/mol. The molecule has 0 saturated carbocycles. The normalized spacial score (nSPS) is 15.5. The largest absolute Gasteiger partial charge is 0.391 e. The zero-order valence-electron chi connectivity index (χ0n) is 28.7. The minimum absolute atomic E-state index is 0.0366. The summed E-state index contributed by atoms with van der Waals surface area (Å²) in [4.78, 5) is 68.4. The molecule has 0 bridgehead atoms. The van der Waals surface area contributed by atoms with Crippen LogP contribution in [0.15, 0.2) is 5.38 Å². The lowest BCUT2D eigenvalue weighted by atomic mass is 9.91. The summed E-state index contributed by atoms with van der Waals surface area (Å²) in [7, 11) is 0. The van der Waals surface area contributed by atoms with Crippen molar-refractivity contribution in [3.05, 3.63) is 16.1 Å². The van der Waals surface area contributed by atoms with Crippen LogP contribution < -0.4 is 26.6 Å². The molecule has 0 aliphatic heterocycles. The summed E-state index contributed by atoms with van der Waals surface area (Å²) in [5.74, 6) is -2.82. The highest BCUT2D eigenvalue weighted by Gasteiger charge is 2.32. The van der Waals surface area contributed by atoms with Gasteiger partial charge in [0.05, 0.1) is 17.2 Å². The van der Waals surface area contributed by atoms with E-state index in [-0.39, 0.29) is 54.3 Å². The number of hydrogen-bond acceptors (Lipinski definition) is 8. The summed E-state index contributed by atoms with van der Waals surface area (Å²) in [5, 5.41) is 27.8. The van der Waals surface area contributed by atoms with E-state index in [2.05, 4.69) is 31.6 Å². The van der Waals surface area contributed by atoms with Gasteiger partial charge in [-0.05, 0) is 37.5 Å². The highest BCUT2D eigenvalue weighted by Crippen LogP contribution is 2.17. The van der Waals surface area contributed by atoms with Gasteiger partial charge in [-0.3, -0.25) is 24.0 Å².